The molecule has 0 bridgehead atoms. The van der Waals surface area contributed by atoms with E-state index in [-0.39, 0.29) is 21.7 Å². The summed E-state index contributed by atoms with van der Waals surface area (Å²) in [5, 5.41) is 0.785. The van der Waals surface area contributed by atoms with Gasteiger partial charge in [0.1, 0.15) is 0 Å². The zero-order valence-corrected chi connectivity index (χ0v) is 41.8. The minimum atomic E-state index is 0.0689. The summed E-state index contributed by atoms with van der Waals surface area (Å²) in [6.07, 6.45) is 22.4. The van der Waals surface area contributed by atoms with Crippen LogP contribution in [0, 0.1) is 6.92 Å². The predicted octanol–water partition coefficient (Wildman–Crippen LogP) is 18.4. The van der Waals surface area contributed by atoms with Crippen molar-refractivity contribution >= 4 is 45.7 Å². The fourth-order valence-electron chi connectivity index (χ4n) is 12.1. The Labute approximate surface area is 393 Å². The van der Waals surface area contributed by atoms with Gasteiger partial charge in [-0.05, 0) is 216 Å². The summed E-state index contributed by atoms with van der Waals surface area (Å²) in [6, 6.07) is 34.2. The predicted molar refractivity (Wildman–Crippen MR) is 277 cm³/mol. The van der Waals surface area contributed by atoms with Crippen molar-refractivity contribution in [3.05, 3.63) is 140 Å². The summed E-state index contributed by atoms with van der Waals surface area (Å²) < 4.78 is 0. The van der Waals surface area contributed by atoms with Gasteiger partial charge in [0, 0.05) is 22.7 Å². The van der Waals surface area contributed by atoms with Gasteiger partial charge in [0.2, 0.25) is 0 Å². The van der Waals surface area contributed by atoms with E-state index < -0.39 is 0 Å². The highest BCUT2D eigenvalue weighted by Crippen LogP contribution is 2.53. The van der Waals surface area contributed by atoms with Gasteiger partial charge in [-0.3, -0.25) is 0 Å². The van der Waals surface area contributed by atoms with Crippen molar-refractivity contribution in [2.45, 2.75) is 200 Å². The third-order valence-electron chi connectivity index (χ3n) is 16.5. The summed E-state index contributed by atoms with van der Waals surface area (Å²) in [4.78, 5) is 5.04. The van der Waals surface area contributed by atoms with Crippen LogP contribution < -0.4 is 9.80 Å². The van der Waals surface area contributed by atoms with E-state index in [2.05, 4.69) is 157 Å². The third-order valence-corrected chi connectivity index (χ3v) is 16.9. The van der Waals surface area contributed by atoms with Gasteiger partial charge in [0.25, 0.3) is 0 Å². The number of anilines is 6. The molecule has 0 unspecified atom stereocenters. The van der Waals surface area contributed by atoms with Crippen LogP contribution in [0.15, 0.2) is 84.9 Å². The van der Waals surface area contributed by atoms with Crippen LogP contribution in [0.4, 0.5) is 34.1 Å². The molecule has 0 saturated carbocycles. The van der Waals surface area contributed by atoms with E-state index in [4.69, 9.17) is 11.6 Å². The van der Waals surface area contributed by atoms with E-state index in [0.29, 0.717) is 0 Å². The summed E-state index contributed by atoms with van der Waals surface area (Å²) in [5.74, 6) is 0. The number of hydrogen-bond donors (Lipinski definition) is 0. The van der Waals surface area contributed by atoms with Gasteiger partial charge in [0.05, 0.1) is 16.4 Å². The van der Waals surface area contributed by atoms with Crippen LogP contribution in [-0.4, -0.2) is 0 Å². The van der Waals surface area contributed by atoms with Crippen molar-refractivity contribution in [1.82, 2.24) is 0 Å². The van der Waals surface area contributed by atoms with Crippen LogP contribution in [0.3, 0.4) is 0 Å². The van der Waals surface area contributed by atoms with Crippen LogP contribution >= 0.6 is 11.6 Å². The Balaban J connectivity index is 1.27. The number of fused-ring (bicyclic) bond motifs is 4. The van der Waals surface area contributed by atoms with E-state index in [1.165, 1.54) is 176 Å². The lowest BCUT2D eigenvalue weighted by Crippen LogP contribution is -2.34. The van der Waals surface area contributed by atoms with Crippen molar-refractivity contribution in [2.24, 2.45) is 0 Å². The molecule has 0 aliphatic heterocycles. The van der Waals surface area contributed by atoms with Crippen molar-refractivity contribution < 1.29 is 0 Å². The number of rotatable bonds is 6. The Kier molecular flexibility index (Phi) is 12.5. The molecule has 0 heterocycles. The summed E-state index contributed by atoms with van der Waals surface area (Å²) in [6.45, 7) is 21.8. The molecule has 0 saturated heterocycles. The number of halogens is 1. The highest BCUT2D eigenvalue weighted by molar-refractivity contribution is 6.36. The number of benzene rings is 5. The molecule has 0 fully saturated rings. The van der Waals surface area contributed by atoms with Crippen molar-refractivity contribution in [1.29, 1.82) is 0 Å². The molecule has 4 aliphatic carbocycles. The molecule has 0 spiro atoms. The van der Waals surface area contributed by atoms with Crippen molar-refractivity contribution in [3.8, 4) is 0 Å². The largest absolute Gasteiger partial charge is 0.309 e. The zero-order valence-electron chi connectivity index (χ0n) is 41.1. The average molecular weight is 874 g/mol. The average Bonchev–Trinajstić information content (AvgIpc) is 3.46. The van der Waals surface area contributed by atoms with Gasteiger partial charge in [-0.2, -0.15) is 0 Å². The summed E-state index contributed by atoms with van der Waals surface area (Å²) >= 11 is 8.20. The Morgan fingerprint density at radius 1 is 0.359 bits per heavy atom. The first-order chi connectivity index (χ1) is 30.5. The molecule has 0 amide bonds. The first-order valence-corrected chi connectivity index (χ1v) is 25.8. The molecule has 3 heteroatoms. The number of hydrogen-bond acceptors (Lipinski definition) is 2. The third kappa shape index (κ3) is 8.84. The van der Waals surface area contributed by atoms with Gasteiger partial charge in [-0.1, -0.05) is 130 Å². The molecule has 5 aromatic rings. The smallest absolute Gasteiger partial charge is 0.0887 e. The Morgan fingerprint density at radius 2 is 0.672 bits per heavy atom. The van der Waals surface area contributed by atoms with Crippen LogP contribution in [0.1, 0.15) is 195 Å². The molecule has 5 aromatic carbocycles. The lowest BCUT2D eigenvalue weighted by Gasteiger charge is -2.43. The summed E-state index contributed by atoms with van der Waals surface area (Å²) in [7, 11) is 0. The fourth-order valence-corrected chi connectivity index (χ4v) is 12.4. The molecule has 2 nitrogen and oxygen atoms in total. The topological polar surface area (TPSA) is 6.48 Å². The number of nitrogens with zero attached hydrogens (tertiary/aromatic N) is 2. The van der Waals surface area contributed by atoms with Gasteiger partial charge in [-0.15, -0.1) is 0 Å². The van der Waals surface area contributed by atoms with Crippen LogP contribution in [0.25, 0.3) is 0 Å². The highest BCUT2D eigenvalue weighted by atomic mass is 35.5. The molecule has 0 atom stereocenters. The van der Waals surface area contributed by atoms with E-state index in [1.807, 2.05) is 0 Å². The van der Waals surface area contributed by atoms with Crippen molar-refractivity contribution in [3.63, 3.8) is 0 Å². The summed E-state index contributed by atoms with van der Waals surface area (Å²) in [5.41, 5.74) is 20.4. The standard InChI is InChI=1S/C61H77ClN2/c1-42-36-55(63(47-26-24-43-20-16-12-10-14-18-22-45(43)38-47)48-27-25-44-21-17-13-11-15-19-23-46(44)39-48)57(62)56(37-42)64(49-28-30-51-53(40-49)60(6,7)34-32-58(51,2)3)50-29-31-52-54(41-50)61(8,9)35-33-59(52,4)5/h24-31,36-41H,10-23,32-35H2,1-9H3. The van der Waals surface area contributed by atoms with E-state index in [9.17, 15) is 0 Å². The minimum absolute atomic E-state index is 0.0689. The maximum absolute atomic E-state index is 8.20. The molecular formula is C61H77ClN2. The molecule has 0 N–H and O–H groups in total. The Hall–Kier alpha value is -4.01. The van der Waals surface area contributed by atoms with E-state index in [1.54, 1.807) is 0 Å². The minimum Gasteiger partial charge on any atom is -0.309 e. The van der Waals surface area contributed by atoms with Gasteiger partial charge in [-0.25, -0.2) is 0 Å². The Morgan fingerprint density at radius 3 is 1.06 bits per heavy atom. The first-order valence-electron chi connectivity index (χ1n) is 25.5. The normalized spacial score (nSPS) is 20.0. The molecular weight excluding hydrogens is 796 g/mol. The Bertz CT molecular complexity index is 2370. The van der Waals surface area contributed by atoms with Crippen LogP contribution in [-0.2, 0) is 47.3 Å². The van der Waals surface area contributed by atoms with Crippen molar-refractivity contribution in [2.75, 3.05) is 9.80 Å². The quantitative estimate of drug-likeness (QED) is 0.168. The maximum atomic E-state index is 8.20. The molecule has 338 valence electrons. The van der Waals surface area contributed by atoms with E-state index >= 15 is 0 Å². The van der Waals surface area contributed by atoms with Gasteiger partial charge >= 0.3 is 0 Å². The SMILES string of the molecule is Cc1cc(N(c2ccc3c(c2)CCCCCCC3)c2ccc3c(c2)CCCCCCC3)c(Cl)c(N(c2ccc3c(c2)C(C)(C)CCC3(C)C)c2ccc3c(c2)C(C)(C)CCC3(C)C)c1. The zero-order chi connectivity index (χ0) is 45.0. The second kappa shape index (κ2) is 17.7. The second-order valence-electron chi connectivity index (χ2n) is 23.2. The molecule has 4 aliphatic rings. The number of aryl methyl sites for hydroxylation is 5. The monoisotopic (exact) mass is 873 g/mol. The van der Waals surface area contributed by atoms with E-state index in [0.717, 1.165) is 29.2 Å². The maximum Gasteiger partial charge on any atom is 0.0887 e. The highest BCUT2D eigenvalue weighted by Gasteiger charge is 2.40. The van der Waals surface area contributed by atoms with Crippen LogP contribution in [0.5, 0.6) is 0 Å². The van der Waals surface area contributed by atoms with Crippen LogP contribution in [0.2, 0.25) is 5.02 Å². The lowest BCUT2D eigenvalue weighted by molar-refractivity contribution is 0.332. The fraction of sp³-hybridized carbons (Fsp3) is 0.508. The molecule has 64 heavy (non-hydrogen) atoms. The second-order valence-corrected chi connectivity index (χ2v) is 23.6. The van der Waals surface area contributed by atoms with Gasteiger partial charge < -0.3 is 9.80 Å². The molecule has 0 aromatic heterocycles. The van der Waals surface area contributed by atoms with Gasteiger partial charge in [0.15, 0.2) is 0 Å². The lowest BCUT2D eigenvalue weighted by atomic mass is 9.63. The molecule has 9 rings (SSSR count). The first kappa shape index (κ1) is 45.2. The molecule has 0 radical (unpaired) electrons.